The minimum absolute atomic E-state index is 0.295. The molecular weight excluding hydrogens is 362 g/mol. The van der Waals surface area contributed by atoms with E-state index in [-0.39, 0.29) is 0 Å². The summed E-state index contributed by atoms with van der Waals surface area (Å²) in [6, 6.07) is 14.6. The van der Waals surface area contributed by atoms with Crippen LogP contribution in [0.25, 0.3) is 28.0 Å². The zero-order chi connectivity index (χ0) is 19.8. The Morgan fingerprint density at radius 2 is 2.00 bits per heavy atom. The Labute approximate surface area is 169 Å². The summed E-state index contributed by atoms with van der Waals surface area (Å²) in [6.45, 7) is 2.93. The van der Waals surface area contributed by atoms with Gasteiger partial charge in [-0.05, 0) is 35.7 Å². The molecule has 0 aliphatic carbocycles. The normalized spacial score (nSPS) is 17.2. The van der Waals surface area contributed by atoms with E-state index in [1.54, 1.807) is 10.7 Å². The second kappa shape index (κ2) is 7.27. The first-order chi connectivity index (χ1) is 14.2. The summed E-state index contributed by atoms with van der Waals surface area (Å²) < 4.78 is 1.74. The van der Waals surface area contributed by atoms with E-state index in [9.17, 15) is 0 Å². The van der Waals surface area contributed by atoms with Gasteiger partial charge in [0.2, 0.25) is 0 Å². The smallest absolute Gasteiger partial charge is 0.166 e. The van der Waals surface area contributed by atoms with E-state index in [4.69, 9.17) is 11.5 Å². The van der Waals surface area contributed by atoms with Gasteiger partial charge in [-0.15, -0.1) is 5.10 Å². The lowest BCUT2D eigenvalue weighted by Gasteiger charge is -2.15. The molecule has 0 amide bonds. The van der Waals surface area contributed by atoms with Crippen molar-refractivity contribution in [3.8, 4) is 22.4 Å². The van der Waals surface area contributed by atoms with Gasteiger partial charge in [-0.25, -0.2) is 9.50 Å². The number of hydrogen-bond donors (Lipinski definition) is 2. The topological polar surface area (TPSA) is 98.4 Å². The Morgan fingerprint density at radius 1 is 1.07 bits per heavy atom. The minimum Gasteiger partial charge on any atom is -0.382 e. The SMILES string of the molecule is Nc1nn2cc(-c3cccc(CN4CC[C@H](N)C4)c3)cnc2c1-c1ccccn1. The number of fused-ring (bicyclic) bond motifs is 1. The number of aromatic nitrogens is 4. The van der Waals surface area contributed by atoms with Gasteiger partial charge in [0.25, 0.3) is 0 Å². The molecule has 7 heteroatoms. The predicted molar refractivity (Wildman–Crippen MR) is 114 cm³/mol. The highest BCUT2D eigenvalue weighted by atomic mass is 15.3. The van der Waals surface area contributed by atoms with Crippen LogP contribution < -0.4 is 11.5 Å². The summed E-state index contributed by atoms with van der Waals surface area (Å²) >= 11 is 0. The monoisotopic (exact) mass is 385 g/mol. The second-order valence-corrected chi connectivity index (χ2v) is 7.57. The molecular formula is C22H23N7. The molecule has 0 saturated carbocycles. The molecule has 1 saturated heterocycles. The average molecular weight is 385 g/mol. The Balaban J connectivity index is 1.48. The van der Waals surface area contributed by atoms with Crippen LogP contribution >= 0.6 is 0 Å². The molecule has 1 aromatic carbocycles. The van der Waals surface area contributed by atoms with Gasteiger partial charge in [-0.1, -0.05) is 24.3 Å². The third-order valence-electron chi connectivity index (χ3n) is 5.40. The molecule has 4 heterocycles. The fourth-order valence-corrected chi connectivity index (χ4v) is 3.97. The zero-order valence-electron chi connectivity index (χ0n) is 16.1. The van der Waals surface area contributed by atoms with Crippen molar-refractivity contribution >= 4 is 11.5 Å². The lowest BCUT2D eigenvalue weighted by atomic mass is 10.1. The first-order valence-electron chi connectivity index (χ1n) is 9.80. The van der Waals surface area contributed by atoms with E-state index in [1.165, 1.54) is 5.56 Å². The van der Waals surface area contributed by atoms with Gasteiger partial charge < -0.3 is 11.5 Å². The van der Waals surface area contributed by atoms with Crippen LogP contribution in [-0.4, -0.2) is 43.6 Å². The van der Waals surface area contributed by atoms with Gasteiger partial charge in [0.15, 0.2) is 11.5 Å². The van der Waals surface area contributed by atoms with Gasteiger partial charge in [0, 0.05) is 49.8 Å². The maximum Gasteiger partial charge on any atom is 0.166 e. The highest BCUT2D eigenvalue weighted by molar-refractivity contribution is 5.84. The fourth-order valence-electron chi connectivity index (χ4n) is 3.97. The summed E-state index contributed by atoms with van der Waals surface area (Å²) in [6.07, 6.45) is 6.65. The second-order valence-electron chi connectivity index (χ2n) is 7.57. The molecule has 0 unspecified atom stereocenters. The number of likely N-dealkylation sites (tertiary alicyclic amines) is 1. The molecule has 146 valence electrons. The third kappa shape index (κ3) is 3.46. The molecule has 0 spiro atoms. The first kappa shape index (κ1) is 17.8. The molecule has 0 radical (unpaired) electrons. The largest absolute Gasteiger partial charge is 0.382 e. The Bertz CT molecular complexity index is 1150. The van der Waals surface area contributed by atoms with Crippen LogP contribution in [0.2, 0.25) is 0 Å². The standard InChI is InChI=1S/C22H23N7/c23-18-7-9-28(14-18)12-15-4-3-5-16(10-15)17-11-26-22-20(19-6-1-2-8-25-19)21(24)27-29(22)13-17/h1-6,8,10-11,13,18H,7,9,12,14,23H2,(H2,24,27)/t18-/m0/s1. The summed E-state index contributed by atoms with van der Waals surface area (Å²) in [4.78, 5) is 11.4. The number of nitrogens with two attached hydrogens (primary N) is 2. The number of anilines is 1. The van der Waals surface area contributed by atoms with Crippen molar-refractivity contribution in [2.24, 2.45) is 5.73 Å². The lowest BCUT2D eigenvalue weighted by Crippen LogP contribution is -2.26. The van der Waals surface area contributed by atoms with E-state index < -0.39 is 0 Å². The highest BCUT2D eigenvalue weighted by Gasteiger charge is 2.19. The lowest BCUT2D eigenvalue weighted by molar-refractivity contribution is 0.327. The number of nitrogen functional groups attached to an aromatic ring is 1. The zero-order valence-corrected chi connectivity index (χ0v) is 16.1. The van der Waals surface area contributed by atoms with Crippen molar-refractivity contribution in [2.45, 2.75) is 19.0 Å². The van der Waals surface area contributed by atoms with Crippen molar-refractivity contribution in [3.05, 3.63) is 66.6 Å². The van der Waals surface area contributed by atoms with Crippen LogP contribution in [-0.2, 0) is 6.54 Å². The quantitative estimate of drug-likeness (QED) is 0.560. The average Bonchev–Trinajstić information content (AvgIpc) is 3.29. The van der Waals surface area contributed by atoms with Crippen molar-refractivity contribution in [1.82, 2.24) is 24.5 Å². The van der Waals surface area contributed by atoms with E-state index >= 15 is 0 Å². The van der Waals surface area contributed by atoms with Crippen LogP contribution in [0.5, 0.6) is 0 Å². The molecule has 1 aliphatic heterocycles. The minimum atomic E-state index is 0.295. The van der Waals surface area contributed by atoms with Crippen molar-refractivity contribution in [2.75, 3.05) is 18.8 Å². The van der Waals surface area contributed by atoms with E-state index in [1.807, 2.05) is 30.6 Å². The van der Waals surface area contributed by atoms with Gasteiger partial charge >= 0.3 is 0 Å². The third-order valence-corrected chi connectivity index (χ3v) is 5.40. The number of rotatable bonds is 4. The van der Waals surface area contributed by atoms with Gasteiger partial charge in [0.05, 0.1) is 11.3 Å². The summed E-state index contributed by atoms with van der Waals surface area (Å²) in [5.41, 5.74) is 17.8. The van der Waals surface area contributed by atoms with Gasteiger partial charge in [0.1, 0.15) is 0 Å². The van der Waals surface area contributed by atoms with Crippen molar-refractivity contribution in [3.63, 3.8) is 0 Å². The van der Waals surface area contributed by atoms with E-state index in [2.05, 4.69) is 44.2 Å². The molecule has 1 fully saturated rings. The summed E-state index contributed by atoms with van der Waals surface area (Å²) in [7, 11) is 0. The van der Waals surface area contributed by atoms with Gasteiger partial charge in [-0.3, -0.25) is 9.88 Å². The number of pyridine rings is 1. The van der Waals surface area contributed by atoms with Crippen LogP contribution in [0.1, 0.15) is 12.0 Å². The summed E-state index contributed by atoms with van der Waals surface area (Å²) in [5, 5.41) is 4.46. The predicted octanol–water partition coefficient (Wildman–Crippen LogP) is 2.57. The van der Waals surface area contributed by atoms with Crippen molar-refractivity contribution < 1.29 is 0 Å². The Kier molecular flexibility index (Phi) is 4.46. The van der Waals surface area contributed by atoms with E-state index in [0.29, 0.717) is 17.5 Å². The fraction of sp³-hybridized carbons (Fsp3) is 0.227. The molecule has 1 aliphatic rings. The molecule has 0 bridgehead atoms. The Morgan fingerprint density at radius 3 is 2.79 bits per heavy atom. The van der Waals surface area contributed by atoms with Gasteiger partial charge in [-0.2, -0.15) is 0 Å². The van der Waals surface area contributed by atoms with Crippen molar-refractivity contribution in [1.29, 1.82) is 0 Å². The van der Waals surface area contributed by atoms with E-state index in [0.717, 1.165) is 48.4 Å². The van der Waals surface area contributed by atoms with Crippen LogP contribution in [0.15, 0.2) is 61.1 Å². The van der Waals surface area contributed by atoms with Crippen LogP contribution in [0.3, 0.4) is 0 Å². The maximum atomic E-state index is 6.17. The van der Waals surface area contributed by atoms with Crippen LogP contribution in [0, 0.1) is 0 Å². The number of benzene rings is 1. The highest BCUT2D eigenvalue weighted by Crippen LogP contribution is 2.29. The number of hydrogen-bond acceptors (Lipinski definition) is 6. The Hall–Kier alpha value is -3.29. The summed E-state index contributed by atoms with van der Waals surface area (Å²) in [5.74, 6) is 0.424. The molecule has 5 rings (SSSR count). The molecule has 1 atom stereocenters. The maximum absolute atomic E-state index is 6.17. The molecule has 4 N–H and O–H groups in total. The molecule has 29 heavy (non-hydrogen) atoms. The van der Waals surface area contributed by atoms with Crippen LogP contribution in [0.4, 0.5) is 5.82 Å². The molecule has 4 aromatic rings. The first-order valence-corrected chi connectivity index (χ1v) is 9.80. The number of nitrogens with zero attached hydrogens (tertiary/aromatic N) is 5. The molecule has 7 nitrogen and oxygen atoms in total. The molecule has 3 aromatic heterocycles.